The van der Waals surface area contributed by atoms with E-state index in [9.17, 15) is 4.79 Å². The van der Waals surface area contributed by atoms with Gasteiger partial charge in [0.25, 0.3) is 0 Å². The molecule has 0 aliphatic carbocycles. The molecule has 2 heteroatoms. The molecule has 0 rings (SSSR count). The van der Waals surface area contributed by atoms with E-state index in [1.165, 1.54) is 12.2 Å². The topological polar surface area (TPSA) is 40.9 Å². The standard InChI is InChI=1S/C9H11NO/c1-3-5-8(6-7-10)9(11)4-2/h3-7,10H,2H2,1H3/b5-3-,8-6+,10-7?. The van der Waals surface area contributed by atoms with E-state index in [1.54, 1.807) is 12.2 Å². The first-order valence-electron chi connectivity index (χ1n) is 3.26. The second kappa shape index (κ2) is 5.35. The van der Waals surface area contributed by atoms with E-state index < -0.39 is 0 Å². The van der Waals surface area contributed by atoms with Gasteiger partial charge in [-0.3, -0.25) is 4.79 Å². The van der Waals surface area contributed by atoms with E-state index >= 15 is 0 Å². The van der Waals surface area contributed by atoms with Crippen LogP contribution in [0.4, 0.5) is 0 Å². The van der Waals surface area contributed by atoms with Crippen LogP contribution >= 0.6 is 0 Å². The Morgan fingerprint density at radius 1 is 1.55 bits per heavy atom. The van der Waals surface area contributed by atoms with Crippen molar-refractivity contribution in [2.75, 3.05) is 0 Å². The van der Waals surface area contributed by atoms with Crippen molar-refractivity contribution in [1.29, 1.82) is 5.41 Å². The molecule has 0 saturated heterocycles. The Kier molecular flexibility index (Phi) is 4.65. The fourth-order valence-electron chi connectivity index (χ4n) is 0.607. The Labute approximate surface area is 66.4 Å². The molecule has 0 aliphatic rings. The summed E-state index contributed by atoms with van der Waals surface area (Å²) in [6.07, 6.45) is 7.14. The maximum atomic E-state index is 11.0. The maximum absolute atomic E-state index is 11.0. The fraction of sp³-hybridized carbons (Fsp3) is 0.111. The van der Waals surface area contributed by atoms with Crippen LogP contribution in [0.3, 0.4) is 0 Å². The van der Waals surface area contributed by atoms with Crippen LogP contribution in [0.1, 0.15) is 6.92 Å². The summed E-state index contributed by atoms with van der Waals surface area (Å²) in [4.78, 5) is 11.0. The van der Waals surface area contributed by atoms with E-state index in [1.807, 2.05) is 6.92 Å². The smallest absolute Gasteiger partial charge is 0.185 e. The lowest BCUT2D eigenvalue weighted by molar-refractivity contribution is -0.111. The van der Waals surface area contributed by atoms with Crippen molar-refractivity contribution in [3.05, 3.63) is 36.5 Å². The van der Waals surface area contributed by atoms with Crippen molar-refractivity contribution < 1.29 is 4.79 Å². The predicted molar refractivity (Wildman–Crippen MR) is 46.9 cm³/mol. The van der Waals surface area contributed by atoms with E-state index in [2.05, 4.69) is 6.58 Å². The van der Waals surface area contributed by atoms with Gasteiger partial charge in [0.05, 0.1) is 0 Å². The molecule has 1 N–H and O–H groups in total. The summed E-state index contributed by atoms with van der Waals surface area (Å²) in [5.74, 6) is -0.161. The first-order valence-corrected chi connectivity index (χ1v) is 3.26. The van der Waals surface area contributed by atoms with Crippen LogP contribution in [0.2, 0.25) is 0 Å². The second-order valence-corrected chi connectivity index (χ2v) is 1.86. The molecule has 0 unspecified atom stereocenters. The van der Waals surface area contributed by atoms with Crippen molar-refractivity contribution in [2.24, 2.45) is 0 Å². The van der Waals surface area contributed by atoms with Gasteiger partial charge in [0.1, 0.15) is 0 Å². The van der Waals surface area contributed by atoms with Crippen LogP contribution in [0, 0.1) is 5.41 Å². The minimum absolute atomic E-state index is 0.161. The molecule has 0 amide bonds. The minimum atomic E-state index is -0.161. The molecule has 0 aromatic heterocycles. The summed E-state index contributed by atoms with van der Waals surface area (Å²) in [5, 5.41) is 6.76. The first-order chi connectivity index (χ1) is 5.26. The highest BCUT2D eigenvalue weighted by atomic mass is 16.1. The summed E-state index contributed by atoms with van der Waals surface area (Å²) in [6.45, 7) is 5.16. The zero-order valence-electron chi connectivity index (χ0n) is 6.50. The second-order valence-electron chi connectivity index (χ2n) is 1.86. The molecule has 0 spiro atoms. The van der Waals surface area contributed by atoms with Crippen molar-refractivity contribution in [3.8, 4) is 0 Å². The third-order valence-corrected chi connectivity index (χ3v) is 1.08. The molecule has 0 aromatic carbocycles. The van der Waals surface area contributed by atoms with Gasteiger partial charge in [0.2, 0.25) is 0 Å². The van der Waals surface area contributed by atoms with Crippen LogP contribution in [-0.2, 0) is 4.79 Å². The molecule has 0 atom stereocenters. The van der Waals surface area contributed by atoms with Gasteiger partial charge in [0, 0.05) is 11.8 Å². The quantitative estimate of drug-likeness (QED) is 0.370. The highest BCUT2D eigenvalue weighted by molar-refractivity contribution is 6.07. The van der Waals surface area contributed by atoms with Gasteiger partial charge in [-0.1, -0.05) is 18.7 Å². The van der Waals surface area contributed by atoms with E-state index in [0.29, 0.717) is 5.57 Å². The zero-order chi connectivity index (χ0) is 8.69. The lowest BCUT2D eigenvalue weighted by Gasteiger charge is -1.91. The van der Waals surface area contributed by atoms with E-state index in [4.69, 9.17) is 5.41 Å². The zero-order valence-corrected chi connectivity index (χ0v) is 6.50. The van der Waals surface area contributed by atoms with Crippen LogP contribution in [0.5, 0.6) is 0 Å². The molecule has 0 radical (unpaired) electrons. The first kappa shape index (κ1) is 9.56. The van der Waals surface area contributed by atoms with Gasteiger partial charge in [-0.05, 0) is 19.1 Å². The number of ketones is 1. The van der Waals surface area contributed by atoms with Gasteiger partial charge in [-0.2, -0.15) is 0 Å². The summed E-state index contributed by atoms with van der Waals surface area (Å²) in [7, 11) is 0. The number of carbonyl (C=O) groups excluding carboxylic acids is 1. The molecule has 0 aliphatic heterocycles. The van der Waals surface area contributed by atoms with E-state index in [0.717, 1.165) is 6.21 Å². The number of rotatable bonds is 4. The summed E-state index contributed by atoms with van der Waals surface area (Å²) < 4.78 is 0. The SMILES string of the molecule is C=CC(=O)C(/C=C\C)=C/C=N. The summed E-state index contributed by atoms with van der Waals surface area (Å²) in [5.41, 5.74) is 0.484. The monoisotopic (exact) mass is 149 g/mol. The number of hydrogen-bond donors (Lipinski definition) is 1. The van der Waals surface area contributed by atoms with Gasteiger partial charge >= 0.3 is 0 Å². The average Bonchev–Trinajstić information content (AvgIpc) is 2.03. The Morgan fingerprint density at radius 2 is 2.18 bits per heavy atom. The third-order valence-electron chi connectivity index (χ3n) is 1.08. The number of carbonyl (C=O) groups is 1. The molecule has 0 bridgehead atoms. The summed E-state index contributed by atoms with van der Waals surface area (Å²) in [6, 6.07) is 0. The Hall–Kier alpha value is -1.44. The van der Waals surface area contributed by atoms with Gasteiger partial charge in [0.15, 0.2) is 5.78 Å². The van der Waals surface area contributed by atoms with Crippen LogP contribution in [0.15, 0.2) is 36.5 Å². The molecule has 2 nitrogen and oxygen atoms in total. The predicted octanol–water partition coefficient (Wildman–Crippen LogP) is 1.89. The van der Waals surface area contributed by atoms with Crippen LogP contribution in [0.25, 0.3) is 0 Å². The lowest BCUT2D eigenvalue weighted by atomic mass is 10.1. The Morgan fingerprint density at radius 3 is 2.55 bits per heavy atom. The van der Waals surface area contributed by atoms with Crippen molar-refractivity contribution >= 4 is 12.0 Å². The number of hydrogen-bond acceptors (Lipinski definition) is 2. The lowest BCUT2D eigenvalue weighted by Crippen LogP contribution is -1.94. The van der Waals surface area contributed by atoms with Crippen molar-refractivity contribution in [3.63, 3.8) is 0 Å². The Bertz CT molecular complexity index is 224. The molecule has 0 aromatic rings. The van der Waals surface area contributed by atoms with Crippen LogP contribution < -0.4 is 0 Å². The van der Waals surface area contributed by atoms with E-state index in [-0.39, 0.29) is 5.78 Å². The normalized spacial score (nSPS) is 11.5. The number of allylic oxidation sites excluding steroid dienone is 5. The van der Waals surface area contributed by atoms with Gasteiger partial charge in [-0.15, -0.1) is 0 Å². The minimum Gasteiger partial charge on any atom is -0.309 e. The van der Waals surface area contributed by atoms with Crippen LogP contribution in [-0.4, -0.2) is 12.0 Å². The molecular weight excluding hydrogens is 138 g/mol. The fourth-order valence-corrected chi connectivity index (χ4v) is 0.607. The van der Waals surface area contributed by atoms with Gasteiger partial charge in [-0.25, -0.2) is 0 Å². The Balaban J connectivity index is 4.59. The molecular formula is C9H11NO. The summed E-state index contributed by atoms with van der Waals surface area (Å²) >= 11 is 0. The average molecular weight is 149 g/mol. The molecule has 0 saturated carbocycles. The molecule has 58 valence electrons. The van der Waals surface area contributed by atoms with Crippen molar-refractivity contribution in [2.45, 2.75) is 6.92 Å². The maximum Gasteiger partial charge on any atom is 0.185 e. The third kappa shape index (κ3) is 3.30. The highest BCUT2D eigenvalue weighted by Gasteiger charge is 1.97. The largest absolute Gasteiger partial charge is 0.309 e. The molecule has 0 heterocycles. The number of nitrogens with one attached hydrogen (secondary N) is 1. The molecule has 0 fully saturated rings. The molecule has 11 heavy (non-hydrogen) atoms. The van der Waals surface area contributed by atoms with Gasteiger partial charge < -0.3 is 5.41 Å². The van der Waals surface area contributed by atoms with Crippen molar-refractivity contribution in [1.82, 2.24) is 0 Å². The highest BCUT2D eigenvalue weighted by Crippen LogP contribution is 1.98.